The van der Waals surface area contributed by atoms with E-state index in [2.05, 4.69) is 206 Å². The molecule has 12 aromatic rings. The monoisotopic (exact) mass is 706 g/mol. The van der Waals surface area contributed by atoms with Gasteiger partial charge in [-0.25, -0.2) is 0 Å². The first-order valence-electron chi connectivity index (χ1n) is 19.5. The topological polar surface area (TPSA) is 0 Å². The molecule has 0 heterocycles. The standard InChI is InChI=1S/C56H34/c1-2-13-35(14-3-1)37-17-12-18-38(31-37)51-34-54(53-33-40-16-5-7-20-42(40)44-22-9-11-24-46(44)53)50-28-26-36-25-27-47(48-29-30-49(51)56(50)55(36)48)52-32-39-15-4-6-19-41(39)43-21-8-10-23-45(43)52/h1-34H. The molecule has 0 bridgehead atoms. The first kappa shape index (κ1) is 31.1. The fraction of sp³-hybridized carbons (Fsp3) is 0. The molecule has 12 rings (SSSR count). The van der Waals surface area contributed by atoms with Gasteiger partial charge in [0, 0.05) is 0 Å². The second-order valence-corrected chi connectivity index (χ2v) is 15.2. The van der Waals surface area contributed by atoms with Crippen LogP contribution in [0, 0.1) is 0 Å². The minimum atomic E-state index is 1.22. The van der Waals surface area contributed by atoms with E-state index < -0.39 is 0 Å². The molecule has 0 saturated heterocycles. The minimum Gasteiger partial charge on any atom is -0.0622 e. The summed E-state index contributed by atoms with van der Waals surface area (Å²) in [5.74, 6) is 0. The molecule has 258 valence electrons. The molecule has 12 aromatic carbocycles. The molecule has 0 spiro atoms. The molecule has 0 nitrogen and oxygen atoms in total. The lowest BCUT2D eigenvalue weighted by Gasteiger charge is -2.21. The summed E-state index contributed by atoms with van der Waals surface area (Å²) >= 11 is 0. The van der Waals surface area contributed by atoms with E-state index in [1.165, 1.54) is 120 Å². The van der Waals surface area contributed by atoms with Crippen LogP contribution in [0.25, 0.3) is 120 Å². The van der Waals surface area contributed by atoms with Crippen molar-refractivity contribution in [3.05, 3.63) is 206 Å². The summed E-state index contributed by atoms with van der Waals surface area (Å²) in [6.45, 7) is 0. The van der Waals surface area contributed by atoms with Crippen molar-refractivity contribution in [2.24, 2.45) is 0 Å². The van der Waals surface area contributed by atoms with Gasteiger partial charge in [0.1, 0.15) is 0 Å². The second kappa shape index (κ2) is 12.1. The van der Waals surface area contributed by atoms with Crippen LogP contribution in [0.3, 0.4) is 0 Å². The molecule has 0 radical (unpaired) electrons. The quantitative estimate of drug-likeness (QED) is 0.160. The summed E-state index contributed by atoms with van der Waals surface area (Å²) in [4.78, 5) is 0. The van der Waals surface area contributed by atoms with Crippen LogP contribution in [-0.2, 0) is 0 Å². The molecule has 56 heavy (non-hydrogen) atoms. The fourth-order valence-corrected chi connectivity index (χ4v) is 9.64. The molecule has 0 N–H and O–H groups in total. The van der Waals surface area contributed by atoms with E-state index in [1.807, 2.05) is 0 Å². The molecule has 0 unspecified atom stereocenters. The Morgan fingerprint density at radius 2 is 0.643 bits per heavy atom. The van der Waals surface area contributed by atoms with Crippen molar-refractivity contribution in [1.82, 2.24) is 0 Å². The summed E-state index contributed by atoms with van der Waals surface area (Å²) in [6.07, 6.45) is 0. The van der Waals surface area contributed by atoms with Gasteiger partial charge < -0.3 is 0 Å². The van der Waals surface area contributed by atoms with E-state index in [9.17, 15) is 0 Å². The fourth-order valence-electron chi connectivity index (χ4n) is 9.64. The van der Waals surface area contributed by atoms with Crippen molar-refractivity contribution in [2.45, 2.75) is 0 Å². The average Bonchev–Trinajstić information content (AvgIpc) is 3.28. The average molecular weight is 707 g/mol. The van der Waals surface area contributed by atoms with Crippen LogP contribution in [0.15, 0.2) is 206 Å². The Hall–Kier alpha value is -7.28. The zero-order valence-corrected chi connectivity index (χ0v) is 30.6. The van der Waals surface area contributed by atoms with E-state index in [4.69, 9.17) is 0 Å². The van der Waals surface area contributed by atoms with Crippen LogP contribution in [0.2, 0.25) is 0 Å². The first-order chi connectivity index (χ1) is 27.8. The molecule has 0 aromatic heterocycles. The largest absolute Gasteiger partial charge is 0.0622 e. The van der Waals surface area contributed by atoms with Crippen molar-refractivity contribution >= 4 is 75.4 Å². The highest BCUT2D eigenvalue weighted by Gasteiger charge is 2.21. The third-order valence-electron chi connectivity index (χ3n) is 12.2. The molecule has 0 amide bonds. The van der Waals surface area contributed by atoms with Gasteiger partial charge in [-0.2, -0.15) is 0 Å². The normalized spacial score (nSPS) is 11.9. The number of hydrogen-bond donors (Lipinski definition) is 0. The maximum absolute atomic E-state index is 2.47. The first-order valence-corrected chi connectivity index (χ1v) is 19.5. The van der Waals surface area contributed by atoms with Crippen molar-refractivity contribution in [2.75, 3.05) is 0 Å². The molecule has 0 aliphatic rings. The van der Waals surface area contributed by atoms with Crippen molar-refractivity contribution < 1.29 is 0 Å². The summed E-state index contributed by atoms with van der Waals surface area (Å²) in [5, 5.41) is 18.0. The molecule has 0 heteroatoms. The Morgan fingerprint density at radius 1 is 0.179 bits per heavy atom. The Morgan fingerprint density at radius 3 is 1.32 bits per heavy atom. The zero-order valence-electron chi connectivity index (χ0n) is 30.6. The summed E-state index contributed by atoms with van der Waals surface area (Å²) in [6, 6.07) is 76.7. The maximum Gasteiger partial charge on any atom is -0.00141 e. The van der Waals surface area contributed by atoms with Crippen LogP contribution in [0.4, 0.5) is 0 Å². The van der Waals surface area contributed by atoms with Crippen LogP contribution < -0.4 is 0 Å². The van der Waals surface area contributed by atoms with E-state index >= 15 is 0 Å². The van der Waals surface area contributed by atoms with E-state index in [0.717, 1.165) is 0 Å². The van der Waals surface area contributed by atoms with Crippen molar-refractivity contribution in [3.63, 3.8) is 0 Å². The third-order valence-corrected chi connectivity index (χ3v) is 12.2. The molecular weight excluding hydrogens is 673 g/mol. The zero-order chi connectivity index (χ0) is 36.7. The Balaban J connectivity index is 1.22. The van der Waals surface area contributed by atoms with Gasteiger partial charge in [0.15, 0.2) is 0 Å². The van der Waals surface area contributed by atoms with E-state index in [-0.39, 0.29) is 0 Å². The molecular formula is C56H34. The summed E-state index contributed by atoms with van der Waals surface area (Å²) < 4.78 is 0. The van der Waals surface area contributed by atoms with Gasteiger partial charge in [-0.3, -0.25) is 0 Å². The number of rotatable bonds is 4. The van der Waals surface area contributed by atoms with Gasteiger partial charge >= 0.3 is 0 Å². The lowest BCUT2D eigenvalue weighted by Crippen LogP contribution is -1.94. The second-order valence-electron chi connectivity index (χ2n) is 15.2. The molecule has 0 aliphatic carbocycles. The Kier molecular flexibility index (Phi) is 6.73. The summed E-state index contributed by atoms with van der Waals surface area (Å²) in [7, 11) is 0. The highest BCUT2D eigenvalue weighted by molar-refractivity contribution is 6.32. The van der Waals surface area contributed by atoms with Gasteiger partial charge in [-0.1, -0.05) is 182 Å². The van der Waals surface area contributed by atoms with Gasteiger partial charge in [0.2, 0.25) is 0 Å². The van der Waals surface area contributed by atoms with Gasteiger partial charge in [0.25, 0.3) is 0 Å². The molecule has 0 aliphatic heterocycles. The van der Waals surface area contributed by atoms with E-state index in [1.54, 1.807) is 0 Å². The molecule has 0 saturated carbocycles. The highest BCUT2D eigenvalue weighted by atomic mass is 14.2. The number of fused-ring (bicyclic) bond motifs is 6. The van der Waals surface area contributed by atoms with Gasteiger partial charge in [0.05, 0.1) is 0 Å². The number of benzene rings is 12. The van der Waals surface area contributed by atoms with Crippen molar-refractivity contribution in [3.8, 4) is 44.5 Å². The lowest BCUT2D eigenvalue weighted by molar-refractivity contribution is 1.60. The smallest absolute Gasteiger partial charge is 0.00141 e. The van der Waals surface area contributed by atoms with Crippen LogP contribution in [0.5, 0.6) is 0 Å². The van der Waals surface area contributed by atoms with Gasteiger partial charge in [-0.05, 0) is 144 Å². The predicted molar refractivity (Wildman–Crippen MR) is 242 cm³/mol. The highest BCUT2D eigenvalue weighted by Crippen LogP contribution is 2.49. The third kappa shape index (κ3) is 4.60. The number of hydrogen-bond acceptors (Lipinski definition) is 0. The maximum atomic E-state index is 2.47. The lowest BCUT2D eigenvalue weighted by atomic mass is 9.82. The Labute approximate surface area is 324 Å². The molecule has 0 fully saturated rings. The van der Waals surface area contributed by atoms with Crippen LogP contribution in [-0.4, -0.2) is 0 Å². The molecule has 0 atom stereocenters. The SMILES string of the molecule is c1ccc(-c2cccc(-c3cc(-c4cc5ccccc5c5ccccc45)c4ccc5ccc(-c6cc7ccccc7c7ccccc67)c6ccc3c4c56)c2)cc1. The van der Waals surface area contributed by atoms with E-state index in [0.29, 0.717) is 0 Å². The van der Waals surface area contributed by atoms with Crippen molar-refractivity contribution in [1.29, 1.82) is 0 Å². The minimum absolute atomic E-state index is 1.22. The van der Waals surface area contributed by atoms with Gasteiger partial charge in [-0.15, -0.1) is 0 Å². The summed E-state index contributed by atoms with van der Waals surface area (Å²) in [5.41, 5.74) is 9.97. The van der Waals surface area contributed by atoms with Crippen LogP contribution in [0.1, 0.15) is 0 Å². The predicted octanol–water partition coefficient (Wildman–Crippen LogP) is 15.9. The van der Waals surface area contributed by atoms with Crippen LogP contribution >= 0.6 is 0 Å². The Bertz CT molecular complexity index is 3520.